The van der Waals surface area contributed by atoms with Crippen molar-refractivity contribution in [3.8, 4) is 22.5 Å². The molecule has 0 aliphatic carbocycles. The van der Waals surface area contributed by atoms with E-state index in [4.69, 9.17) is 4.42 Å². The Morgan fingerprint density at radius 1 is 0.326 bits per heavy atom. The average molecular weight is 588 g/mol. The van der Waals surface area contributed by atoms with Gasteiger partial charge in [-0.15, -0.1) is 0 Å². The largest absolute Gasteiger partial charge is 0.456 e. The number of para-hydroxylation sites is 2. The summed E-state index contributed by atoms with van der Waals surface area (Å²) in [5.74, 6) is 0.886. The third-order valence-corrected chi connectivity index (χ3v) is 8.99. The van der Waals surface area contributed by atoms with Gasteiger partial charge in [-0.2, -0.15) is 0 Å². The second-order valence-corrected chi connectivity index (χ2v) is 11.8. The fourth-order valence-electron chi connectivity index (χ4n) is 6.69. The fraction of sp³-hybridized carbons (Fsp3) is 0. The maximum atomic E-state index is 6.16. The second-order valence-electron chi connectivity index (χ2n) is 11.8. The highest BCUT2D eigenvalue weighted by atomic mass is 16.3. The zero-order valence-corrected chi connectivity index (χ0v) is 25.1. The summed E-state index contributed by atoms with van der Waals surface area (Å²) in [6, 6.07) is 62.8. The van der Waals surface area contributed by atoms with Crippen LogP contribution < -0.4 is 4.90 Å². The Morgan fingerprint density at radius 3 is 1.85 bits per heavy atom. The molecule has 0 unspecified atom stereocenters. The number of hydrogen-bond donors (Lipinski definition) is 0. The van der Waals surface area contributed by atoms with Gasteiger partial charge in [0.05, 0.1) is 0 Å². The van der Waals surface area contributed by atoms with Gasteiger partial charge in [0.15, 0.2) is 0 Å². The lowest BCUT2D eigenvalue weighted by atomic mass is 9.98. The van der Waals surface area contributed by atoms with E-state index in [9.17, 15) is 0 Å². The van der Waals surface area contributed by atoms with Crippen LogP contribution in [0, 0.1) is 0 Å². The maximum absolute atomic E-state index is 6.16. The minimum Gasteiger partial charge on any atom is -0.456 e. The summed E-state index contributed by atoms with van der Waals surface area (Å²) < 4.78 is 6.16. The lowest BCUT2D eigenvalue weighted by Gasteiger charge is -2.26. The highest BCUT2D eigenvalue weighted by Gasteiger charge is 2.15. The molecule has 0 saturated heterocycles. The van der Waals surface area contributed by atoms with Gasteiger partial charge in [-0.25, -0.2) is 0 Å². The molecule has 0 aliphatic heterocycles. The van der Waals surface area contributed by atoms with Crippen LogP contribution in [0.3, 0.4) is 0 Å². The topological polar surface area (TPSA) is 16.4 Å². The molecule has 0 amide bonds. The molecule has 8 aromatic carbocycles. The predicted octanol–water partition coefficient (Wildman–Crippen LogP) is 12.7. The molecule has 0 atom stereocenters. The number of nitrogens with zero attached hydrogens (tertiary/aromatic N) is 1. The van der Waals surface area contributed by atoms with Gasteiger partial charge in [0.1, 0.15) is 11.3 Å². The number of benzene rings is 8. The Morgan fingerprint density at radius 2 is 0.957 bits per heavy atom. The second kappa shape index (κ2) is 10.8. The molecule has 2 heteroatoms. The Labute approximate surface area is 267 Å². The molecule has 1 heterocycles. The number of hydrogen-bond acceptors (Lipinski definition) is 2. The molecule has 2 nitrogen and oxygen atoms in total. The predicted molar refractivity (Wildman–Crippen MR) is 194 cm³/mol. The van der Waals surface area contributed by atoms with Crippen molar-refractivity contribution in [2.24, 2.45) is 0 Å². The van der Waals surface area contributed by atoms with Gasteiger partial charge in [0.25, 0.3) is 0 Å². The van der Waals surface area contributed by atoms with Crippen molar-refractivity contribution in [3.05, 3.63) is 176 Å². The average Bonchev–Trinajstić information content (AvgIpc) is 3.57. The van der Waals surface area contributed by atoms with Crippen LogP contribution in [0.15, 0.2) is 180 Å². The van der Waals surface area contributed by atoms with Gasteiger partial charge in [-0.1, -0.05) is 115 Å². The molecule has 0 fully saturated rings. The molecular formula is C44H29NO. The Kier molecular flexibility index (Phi) is 6.17. The van der Waals surface area contributed by atoms with E-state index >= 15 is 0 Å². The summed E-state index contributed by atoms with van der Waals surface area (Å²) in [4.78, 5) is 2.35. The van der Waals surface area contributed by atoms with Crippen LogP contribution >= 0.6 is 0 Å². The number of rotatable bonds is 5. The van der Waals surface area contributed by atoms with Crippen LogP contribution in [-0.2, 0) is 0 Å². The summed E-state index contributed by atoms with van der Waals surface area (Å²) in [5, 5.41) is 8.56. The quantitative estimate of drug-likeness (QED) is 0.186. The first-order valence-electron chi connectivity index (χ1n) is 15.7. The van der Waals surface area contributed by atoms with Crippen LogP contribution in [0.25, 0.3) is 65.7 Å². The van der Waals surface area contributed by atoms with Gasteiger partial charge in [0, 0.05) is 28.0 Å². The molecule has 1 aromatic heterocycles. The van der Waals surface area contributed by atoms with Crippen molar-refractivity contribution in [2.45, 2.75) is 0 Å². The van der Waals surface area contributed by atoms with Gasteiger partial charge >= 0.3 is 0 Å². The number of fused-ring (bicyclic) bond motifs is 5. The third-order valence-electron chi connectivity index (χ3n) is 8.99. The van der Waals surface area contributed by atoms with Crippen LogP contribution in [0.4, 0.5) is 17.1 Å². The van der Waals surface area contributed by atoms with E-state index in [2.05, 4.69) is 163 Å². The van der Waals surface area contributed by atoms with E-state index in [1.54, 1.807) is 0 Å². The first kappa shape index (κ1) is 26.3. The van der Waals surface area contributed by atoms with Gasteiger partial charge < -0.3 is 9.32 Å². The number of furan rings is 1. The van der Waals surface area contributed by atoms with Crippen molar-refractivity contribution < 1.29 is 4.42 Å². The van der Waals surface area contributed by atoms with Crippen LogP contribution in [0.2, 0.25) is 0 Å². The summed E-state index contributed by atoms with van der Waals surface area (Å²) in [7, 11) is 0. The van der Waals surface area contributed by atoms with E-state index in [1.807, 2.05) is 18.2 Å². The molecule has 46 heavy (non-hydrogen) atoms. The summed E-state index contributed by atoms with van der Waals surface area (Å²) in [6.07, 6.45) is 0. The summed E-state index contributed by atoms with van der Waals surface area (Å²) in [5.41, 5.74) is 7.71. The first-order valence-corrected chi connectivity index (χ1v) is 15.7. The van der Waals surface area contributed by atoms with Crippen molar-refractivity contribution >= 4 is 60.3 Å². The molecular weight excluding hydrogens is 558 g/mol. The SMILES string of the molecule is c1ccc(N(c2ccc3cc(-c4cccc(-c5cc6ccccc6o5)c4)ccc3c2)c2ccc3c(ccc4ccccc43)c2)cc1. The molecule has 9 aromatic rings. The van der Waals surface area contributed by atoms with Crippen molar-refractivity contribution in [1.29, 1.82) is 0 Å². The molecule has 0 spiro atoms. The zero-order chi connectivity index (χ0) is 30.5. The zero-order valence-electron chi connectivity index (χ0n) is 25.1. The van der Waals surface area contributed by atoms with E-state index in [-0.39, 0.29) is 0 Å². The maximum Gasteiger partial charge on any atom is 0.135 e. The minimum absolute atomic E-state index is 0.886. The Hall–Kier alpha value is -6.12. The van der Waals surface area contributed by atoms with Gasteiger partial charge in [-0.05, 0) is 104 Å². The molecule has 0 radical (unpaired) electrons. The Balaban J connectivity index is 1.10. The van der Waals surface area contributed by atoms with Crippen LogP contribution in [0.1, 0.15) is 0 Å². The van der Waals surface area contributed by atoms with Crippen molar-refractivity contribution in [1.82, 2.24) is 0 Å². The first-order chi connectivity index (χ1) is 22.8. The lowest BCUT2D eigenvalue weighted by molar-refractivity contribution is 0.631. The molecule has 0 bridgehead atoms. The molecule has 0 saturated carbocycles. The molecule has 9 rings (SSSR count). The summed E-state index contributed by atoms with van der Waals surface area (Å²) in [6.45, 7) is 0. The normalized spacial score (nSPS) is 11.5. The highest BCUT2D eigenvalue weighted by Crippen LogP contribution is 2.39. The van der Waals surface area contributed by atoms with Crippen molar-refractivity contribution in [2.75, 3.05) is 4.90 Å². The number of anilines is 3. The monoisotopic (exact) mass is 587 g/mol. The lowest BCUT2D eigenvalue weighted by Crippen LogP contribution is -2.09. The fourth-order valence-corrected chi connectivity index (χ4v) is 6.69. The minimum atomic E-state index is 0.886. The van der Waals surface area contributed by atoms with Gasteiger partial charge in [-0.3, -0.25) is 0 Å². The van der Waals surface area contributed by atoms with E-state index < -0.39 is 0 Å². The van der Waals surface area contributed by atoms with Crippen LogP contribution in [0.5, 0.6) is 0 Å². The Bertz CT molecular complexity index is 2510. The molecule has 0 N–H and O–H groups in total. The molecule has 0 aliphatic rings. The van der Waals surface area contributed by atoms with Crippen molar-refractivity contribution in [3.63, 3.8) is 0 Å². The smallest absolute Gasteiger partial charge is 0.135 e. The van der Waals surface area contributed by atoms with Crippen LogP contribution in [-0.4, -0.2) is 0 Å². The van der Waals surface area contributed by atoms with E-state index in [0.717, 1.165) is 39.4 Å². The highest BCUT2D eigenvalue weighted by molar-refractivity contribution is 6.08. The van der Waals surface area contributed by atoms with Gasteiger partial charge in [0.2, 0.25) is 0 Å². The third kappa shape index (κ3) is 4.60. The standard InChI is InChI=1S/C44H29NO/c1-2-13-38(14-3-1)45(40-23-24-42-35(28-40)20-17-30-9-4-6-15-41(30)42)39-22-21-33-25-32(18-19-34(33)27-39)31-11-8-12-36(26-31)44-29-37-10-5-7-16-43(37)46-44/h1-29H. The van der Waals surface area contributed by atoms with E-state index in [0.29, 0.717) is 0 Å². The van der Waals surface area contributed by atoms with E-state index in [1.165, 1.54) is 43.4 Å². The molecule has 216 valence electrons. The summed E-state index contributed by atoms with van der Waals surface area (Å²) >= 11 is 0.